The molecule has 0 radical (unpaired) electrons. The molecular weight excluding hydrogens is 401 g/mol. The summed E-state index contributed by atoms with van der Waals surface area (Å²) in [6, 6.07) is 11.8. The normalized spacial score (nSPS) is 12.0. The quantitative estimate of drug-likeness (QED) is 0.495. The number of halogens is 2. The minimum Gasteiger partial charge on any atom is -0.494 e. The average Bonchev–Trinajstić information content (AvgIpc) is 3.23. The SMILES string of the molecule is CCCOc1ccc(-c2nc3s/c(=C\c4c(F)cccc4Cl)c(=O)n3n2)cc1. The van der Waals surface area contributed by atoms with Crippen LogP contribution >= 0.6 is 22.9 Å². The van der Waals surface area contributed by atoms with Crippen LogP contribution in [0.15, 0.2) is 47.3 Å². The fourth-order valence-corrected chi connectivity index (χ4v) is 3.76. The van der Waals surface area contributed by atoms with Gasteiger partial charge in [-0.2, -0.15) is 9.50 Å². The van der Waals surface area contributed by atoms with E-state index in [0.29, 0.717) is 21.9 Å². The van der Waals surface area contributed by atoms with Crippen molar-refractivity contribution >= 4 is 34.0 Å². The van der Waals surface area contributed by atoms with Gasteiger partial charge in [-0.3, -0.25) is 4.79 Å². The second kappa shape index (κ2) is 7.69. The number of benzene rings is 2. The number of aromatic nitrogens is 3. The van der Waals surface area contributed by atoms with Crippen molar-refractivity contribution in [1.29, 1.82) is 0 Å². The van der Waals surface area contributed by atoms with E-state index >= 15 is 0 Å². The molecule has 0 unspecified atom stereocenters. The van der Waals surface area contributed by atoms with Crippen molar-refractivity contribution in [1.82, 2.24) is 14.6 Å². The van der Waals surface area contributed by atoms with Crippen molar-refractivity contribution in [2.24, 2.45) is 0 Å². The summed E-state index contributed by atoms with van der Waals surface area (Å²) in [4.78, 5) is 17.5. The number of hydrogen-bond acceptors (Lipinski definition) is 5. The van der Waals surface area contributed by atoms with E-state index in [1.54, 1.807) is 6.07 Å². The monoisotopic (exact) mass is 415 g/mol. The molecule has 2 aromatic carbocycles. The van der Waals surface area contributed by atoms with Crippen LogP contribution in [-0.4, -0.2) is 21.2 Å². The fourth-order valence-electron chi connectivity index (χ4n) is 2.66. The molecule has 28 heavy (non-hydrogen) atoms. The van der Waals surface area contributed by atoms with Gasteiger partial charge in [0.15, 0.2) is 5.82 Å². The van der Waals surface area contributed by atoms with Crippen LogP contribution in [0.4, 0.5) is 4.39 Å². The highest BCUT2D eigenvalue weighted by Crippen LogP contribution is 2.21. The highest BCUT2D eigenvalue weighted by molar-refractivity contribution is 7.15. The Hall–Kier alpha value is -2.77. The van der Waals surface area contributed by atoms with Crippen LogP contribution in [0.3, 0.4) is 0 Å². The van der Waals surface area contributed by atoms with Gasteiger partial charge in [-0.05, 0) is 48.9 Å². The molecule has 0 atom stereocenters. The number of fused-ring (bicyclic) bond motifs is 1. The molecule has 0 fully saturated rings. The first-order chi connectivity index (χ1) is 13.6. The summed E-state index contributed by atoms with van der Waals surface area (Å²) in [7, 11) is 0. The highest BCUT2D eigenvalue weighted by Gasteiger charge is 2.13. The Morgan fingerprint density at radius 3 is 2.71 bits per heavy atom. The molecule has 8 heteroatoms. The molecule has 0 aliphatic rings. The number of nitrogens with zero attached hydrogens (tertiary/aromatic N) is 3. The van der Waals surface area contributed by atoms with Crippen LogP contribution < -0.4 is 14.8 Å². The van der Waals surface area contributed by atoms with E-state index in [1.165, 1.54) is 22.7 Å². The molecular formula is C20H15ClFN3O2S. The molecule has 4 rings (SSSR count). The van der Waals surface area contributed by atoms with Crippen LogP contribution in [0.1, 0.15) is 18.9 Å². The Balaban J connectivity index is 1.71. The molecule has 0 aliphatic heterocycles. The summed E-state index contributed by atoms with van der Waals surface area (Å²) in [5.41, 5.74) is 0.594. The van der Waals surface area contributed by atoms with E-state index in [0.717, 1.165) is 29.1 Å². The minimum absolute atomic E-state index is 0.175. The van der Waals surface area contributed by atoms with Crippen molar-refractivity contribution < 1.29 is 9.13 Å². The summed E-state index contributed by atoms with van der Waals surface area (Å²) in [6.07, 6.45) is 2.37. The van der Waals surface area contributed by atoms with Crippen molar-refractivity contribution in [3.63, 3.8) is 0 Å². The van der Waals surface area contributed by atoms with Crippen LogP contribution in [0, 0.1) is 5.82 Å². The number of hydrogen-bond donors (Lipinski definition) is 0. The second-order valence-corrected chi connectivity index (χ2v) is 7.47. The van der Waals surface area contributed by atoms with Crippen molar-refractivity contribution in [3.8, 4) is 17.1 Å². The Kier molecular flexibility index (Phi) is 5.11. The first-order valence-corrected chi connectivity index (χ1v) is 9.85. The van der Waals surface area contributed by atoms with Crippen LogP contribution in [0.2, 0.25) is 5.02 Å². The fraction of sp³-hybridized carbons (Fsp3) is 0.150. The smallest absolute Gasteiger partial charge is 0.291 e. The molecule has 142 valence electrons. The topological polar surface area (TPSA) is 56.5 Å². The van der Waals surface area contributed by atoms with Crippen LogP contribution in [0.5, 0.6) is 5.75 Å². The van der Waals surface area contributed by atoms with Gasteiger partial charge in [0.25, 0.3) is 5.56 Å². The van der Waals surface area contributed by atoms with Gasteiger partial charge in [-0.1, -0.05) is 35.9 Å². The van der Waals surface area contributed by atoms with Crippen molar-refractivity contribution in [2.45, 2.75) is 13.3 Å². The lowest BCUT2D eigenvalue weighted by Crippen LogP contribution is -2.23. The van der Waals surface area contributed by atoms with Gasteiger partial charge in [0.05, 0.1) is 16.2 Å². The maximum absolute atomic E-state index is 14.0. The molecule has 0 amide bonds. The third-order valence-electron chi connectivity index (χ3n) is 4.04. The molecule has 2 aromatic heterocycles. The minimum atomic E-state index is -0.489. The zero-order valence-electron chi connectivity index (χ0n) is 14.9. The first kappa shape index (κ1) is 18.6. The molecule has 0 spiro atoms. The molecule has 5 nitrogen and oxygen atoms in total. The highest BCUT2D eigenvalue weighted by atomic mass is 35.5. The van der Waals surface area contributed by atoms with Gasteiger partial charge < -0.3 is 4.74 Å². The molecule has 0 N–H and O–H groups in total. The largest absolute Gasteiger partial charge is 0.494 e. The van der Waals surface area contributed by atoms with Crippen LogP contribution in [-0.2, 0) is 0 Å². The van der Waals surface area contributed by atoms with E-state index in [1.807, 2.05) is 31.2 Å². The van der Waals surface area contributed by atoms with Gasteiger partial charge in [-0.15, -0.1) is 5.10 Å². The summed E-state index contributed by atoms with van der Waals surface area (Å²) < 4.78 is 21.1. The van der Waals surface area contributed by atoms with Crippen LogP contribution in [0.25, 0.3) is 22.4 Å². The van der Waals surface area contributed by atoms with E-state index in [-0.39, 0.29) is 16.1 Å². The molecule has 0 saturated carbocycles. The number of ether oxygens (including phenoxy) is 1. The van der Waals surface area contributed by atoms with Crippen molar-refractivity contribution in [3.05, 3.63) is 73.8 Å². The molecule has 0 bridgehead atoms. The standard InChI is InChI=1S/C20H15ClFN3O2S/c1-2-10-27-13-8-6-12(7-9-13)18-23-20-25(24-18)19(26)17(28-20)11-14-15(21)4-3-5-16(14)22/h3-9,11H,2,10H2,1H3/b17-11-. The Labute approximate surface area is 168 Å². The average molecular weight is 416 g/mol. The number of thiazole rings is 1. The lowest BCUT2D eigenvalue weighted by atomic mass is 10.2. The van der Waals surface area contributed by atoms with E-state index in [9.17, 15) is 9.18 Å². The molecule has 0 saturated heterocycles. The van der Waals surface area contributed by atoms with E-state index < -0.39 is 5.82 Å². The molecule has 2 heterocycles. The van der Waals surface area contributed by atoms with Gasteiger partial charge in [-0.25, -0.2) is 4.39 Å². The summed E-state index contributed by atoms with van der Waals surface area (Å²) in [5.74, 6) is 0.729. The van der Waals surface area contributed by atoms with E-state index in [2.05, 4.69) is 10.1 Å². The Morgan fingerprint density at radius 1 is 1.25 bits per heavy atom. The maximum Gasteiger partial charge on any atom is 0.291 e. The summed E-state index contributed by atoms with van der Waals surface area (Å²) >= 11 is 7.17. The van der Waals surface area contributed by atoms with Gasteiger partial charge in [0.1, 0.15) is 11.6 Å². The first-order valence-electron chi connectivity index (χ1n) is 8.65. The van der Waals surface area contributed by atoms with E-state index in [4.69, 9.17) is 16.3 Å². The van der Waals surface area contributed by atoms with Gasteiger partial charge in [0.2, 0.25) is 4.96 Å². The maximum atomic E-state index is 14.0. The van der Waals surface area contributed by atoms with Crippen molar-refractivity contribution in [2.75, 3.05) is 6.61 Å². The Bertz CT molecular complexity index is 1230. The summed E-state index contributed by atoms with van der Waals surface area (Å²) in [6.45, 7) is 2.70. The zero-order valence-corrected chi connectivity index (χ0v) is 16.4. The third kappa shape index (κ3) is 3.50. The lowest BCUT2D eigenvalue weighted by molar-refractivity contribution is 0.317. The Morgan fingerprint density at radius 2 is 2.04 bits per heavy atom. The molecule has 0 aliphatic carbocycles. The predicted octanol–water partition coefficient (Wildman–Crippen LogP) is 3.95. The second-order valence-electron chi connectivity index (χ2n) is 6.05. The third-order valence-corrected chi connectivity index (χ3v) is 5.33. The number of rotatable bonds is 5. The van der Waals surface area contributed by atoms with Gasteiger partial charge in [0, 0.05) is 11.1 Å². The summed E-state index contributed by atoms with van der Waals surface area (Å²) in [5, 5.41) is 4.54. The van der Waals surface area contributed by atoms with Gasteiger partial charge >= 0.3 is 0 Å². The zero-order chi connectivity index (χ0) is 19.7. The predicted molar refractivity (Wildman–Crippen MR) is 109 cm³/mol. The molecule has 4 aromatic rings. The lowest BCUT2D eigenvalue weighted by Gasteiger charge is -2.04.